The van der Waals surface area contributed by atoms with Gasteiger partial charge < -0.3 is 35.1 Å². The Kier molecular flexibility index (Phi) is 13.5. The van der Waals surface area contributed by atoms with Gasteiger partial charge in [0.25, 0.3) is 11.8 Å². The maximum atomic E-state index is 12.8. The summed E-state index contributed by atoms with van der Waals surface area (Å²) in [6, 6.07) is 23.0. The molecule has 2 saturated heterocycles. The van der Waals surface area contributed by atoms with Crippen LogP contribution in [0.4, 0.5) is 4.79 Å². The molecule has 0 spiro atoms. The highest BCUT2D eigenvalue weighted by atomic mass is 32.1. The zero-order chi connectivity index (χ0) is 36.1. The molecule has 6 rings (SSSR count). The van der Waals surface area contributed by atoms with Crippen molar-refractivity contribution in [3.63, 3.8) is 0 Å². The van der Waals surface area contributed by atoms with Crippen molar-refractivity contribution in [3.05, 3.63) is 104 Å². The molecular weight excluding hydrogens is 685 g/mol. The molecule has 2 aliphatic heterocycles. The quantitative estimate of drug-likeness (QED) is 0.162. The predicted octanol–water partition coefficient (Wildman–Crippen LogP) is 6.48. The van der Waals surface area contributed by atoms with Crippen molar-refractivity contribution >= 4 is 40.6 Å². The summed E-state index contributed by atoms with van der Waals surface area (Å²) in [5.74, 6) is 0.945. The molecule has 4 heterocycles. The van der Waals surface area contributed by atoms with E-state index in [-0.39, 0.29) is 28.7 Å². The molecule has 3 N–H and O–H groups in total. The van der Waals surface area contributed by atoms with E-state index >= 15 is 0 Å². The number of rotatable bonds is 11. The van der Waals surface area contributed by atoms with Gasteiger partial charge in [-0.2, -0.15) is 0 Å². The van der Waals surface area contributed by atoms with Crippen LogP contribution in [0, 0.1) is 0 Å². The topological polar surface area (TPSA) is 118 Å². The average molecular weight is 733 g/mol. The van der Waals surface area contributed by atoms with E-state index < -0.39 is 0 Å². The normalized spacial score (nSPS) is 16.2. The number of para-hydroxylation sites is 2. The minimum Gasteiger partial charge on any atom is -0.496 e. The van der Waals surface area contributed by atoms with E-state index in [0.29, 0.717) is 55.4 Å². The fourth-order valence-electron chi connectivity index (χ4n) is 6.77. The Balaban J connectivity index is 0.000000201. The highest BCUT2D eigenvalue weighted by Gasteiger charge is 2.39. The summed E-state index contributed by atoms with van der Waals surface area (Å²) in [7, 11) is 3.15. The van der Waals surface area contributed by atoms with Gasteiger partial charge in [0.05, 0.1) is 32.0 Å². The molecule has 0 aliphatic carbocycles. The van der Waals surface area contributed by atoms with Gasteiger partial charge in [0, 0.05) is 46.8 Å². The summed E-state index contributed by atoms with van der Waals surface area (Å²) in [4.78, 5) is 41.7. The molecule has 3 amide bonds. The second-order valence-corrected chi connectivity index (χ2v) is 14.6. The van der Waals surface area contributed by atoms with Crippen molar-refractivity contribution in [1.29, 1.82) is 0 Å². The monoisotopic (exact) mass is 732 g/mol. The van der Waals surface area contributed by atoms with Crippen molar-refractivity contribution in [3.8, 4) is 11.5 Å². The van der Waals surface area contributed by atoms with Crippen LogP contribution in [0.15, 0.2) is 83.6 Å². The standard InChI is InChI=1S/C21H26N2O4S.C18H22N2O2S/c1-3-27-20(25)23-12-10-21(11-13-23,18-9-6-14-28-18)15-22-19(24)16-7-4-5-8-17(16)26-2;1-22-15-6-3-2-5-14(15)17(21)20-13-18(8-10-19-11-9-18)16-7-4-12-23-16/h4-9,14H,3,10-13,15H2,1-2H3,(H,22,24);2-7,12,19H,8-11,13H2,1H3,(H,20,21). The zero-order valence-electron chi connectivity index (χ0n) is 29.6. The molecule has 2 aliphatic rings. The van der Waals surface area contributed by atoms with Crippen LogP contribution in [-0.4, -0.2) is 82.9 Å². The van der Waals surface area contributed by atoms with Crippen molar-refractivity contribution in [2.45, 2.75) is 43.4 Å². The molecule has 0 atom stereocenters. The maximum absolute atomic E-state index is 12.8. The third-order valence-electron chi connectivity index (χ3n) is 9.77. The van der Waals surface area contributed by atoms with Crippen molar-refractivity contribution in [2.24, 2.45) is 0 Å². The minimum atomic E-state index is -0.264. The molecule has 0 bridgehead atoms. The number of likely N-dealkylation sites (tertiary alicyclic amines) is 1. The smallest absolute Gasteiger partial charge is 0.409 e. The van der Waals surface area contributed by atoms with E-state index in [1.54, 1.807) is 60.0 Å². The van der Waals surface area contributed by atoms with Crippen LogP contribution in [0.1, 0.15) is 63.1 Å². The van der Waals surface area contributed by atoms with Gasteiger partial charge in [0.2, 0.25) is 0 Å². The number of benzene rings is 2. The van der Waals surface area contributed by atoms with E-state index in [0.717, 1.165) is 38.8 Å². The number of hydrogen-bond acceptors (Lipinski definition) is 9. The van der Waals surface area contributed by atoms with E-state index in [1.165, 1.54) is 9.75 Å². The molecule has 51 heavy (non-hydrogen) atoms. The van der Waals surface area contributed by atoms with Crippen LogP contribution in [0.25, 0.3) is 0 Å². The molecule has 0 saturated carbocycles. The largest absolute Gasteiger partial charge is 0.496 e. The van der Waals surface area contributed by atoms with Crippen LogP contribution >= 0.6 is 22.7 Å². The van der Waals surface area contributed by atoms with Crippen LogP contribution < -0.4 is 25.4 Å². The number of nitrogens with one attached hydrogen (secondary N) is 3. The van der Waals surface area contributed by atoms with Crippen molar-refractivity contribution in [1.82, 2.24) is 20.9 Å². The van der Waals surface area contributed by atoms with Crippen molar-refractivity contribution in [2.75, 3.05) is 60.1 Å². The Labute approximate surface area is 308 Å². The number of piperidine rings is 2. The molecule has 0 radical (unpaired) electrons. The Morgan fingerprint density at radius 3 is 1.61 bits per heavy atom. The van der Waals surface area contributed by atoms with E-state index in [1.807, 2.05) is 43.3 Å². The minimum absolute atomic E-state index is 0.0388. The predicted molar refractivity (Wildman–Crippen MR) is 203 cm³/mol. The first-order valence-corrected chi connectivity index (χ1v) is 19.1. The van der Waals surface area contributed by atoms with Gasteiger partial charge in [0.15, 0.2) is 0 Å². The third kappa shape index (κ3) is 9.29. The first kappa shape index (κ1) is 37.9. The summed E-state index contributed by atoms with van der Waals surface area (Å²) in [6.07, 6.45) is 3.37. The van der Waals surface area contributed by atoms with Crippen LogP contribution in [0.5, 0.6) is 11.5 Å². The lowest BCUT2D eigenvalue weighted by Gasteiger charge is -2.41. The molecule has 12 heteroatoms. The summed E-state index contributed by atoms with van der Waals surface area (Å²) in [5, 5.41) is 13.8. The van der Waals surface area contributed by atoms with Gasteiger partial charge >= 0.3 is 6.09 Å². The number of ether oxygens (including phenoxy) is 3. The first-order chi connectivity index (χ1) is 24.8. The van der Waals surface area contributed by atoms with Gasteiger partial charge in [-0.15, -0.1) is 22.7 Å². The fraction of sp³-hybridized carbons (Fsp3) is 0.410. The average Bonchev–Trinajstić information content (AvgIpc) is 3.94. The van der Waals surface area contributed by atoms with Gasteiger partial charge in [0.1, 0.15) is 11.5 Å². The fourth-order valence-corrected chi connectivity index (χ4v) is 8.75. The van der Waals surface area contributed by atoms with Gasteiger partial charge in [-0.3, -0.25) is 9.59 Å². The lowest BCUT2D eigenvalue weighted by Crippen LogP contribution is -2.50. The van der Waals surface area contributed by atoms with Gasteiger partial charge in [-0.05, 0) is 92.9 Å². The van der Waals surface area contributed by atoms with Crippen LogP contribution in [0.3, 0.4) is 0 Å². The summed E-state index contributed by atoms with van der Waals surface area (Å²) in [6.45, 7) is 6.56. The molecule has 2 aromatic carbocycles. The Morgan fingerprint density at radius 1 is 0.706 bits per heavy atom. The molecule has 0 unspecified atom stereocenters. The SMILES string of the molecule is CCOC(=O)N1CCC(CNC(=O)c2ccccc2OC)(c2cccs2)CC1.COc1ccccc1C(=O)NCC1(c2cccs2)CCNCC1. The number of nitrogens with zero attached hydrogens (tertiary/aromatic N) is 1. The second-order valence-electron chi connectivity index (χ2n) is 12.7. The van der Waals surface area contributed by atoms with Gasteiger partial charge in [-0.25, -0.2) is 4.79 Å². The van der Waals surface area contributed by atoms with E-state index in [2.05, 4.69) is 44.9 Å². The van der Waals surface area contributed by atoms with E-state index in [4.69, 9.17) is 14.2 Å². The highest BCUT2D eigenvalue weighted by Crippen LogP contribution is 2.38. The summed E-state index contributed by atoms with van der Waals surface area (Å²) < 4.78 is 15.7. The molecule has 2 aromatic heterocycles. The van der Waals surface area contributed by atoms with E-state index in [9.17, 15) is 14.4 Å². The number of carbonyl (C=O) groups is 3. The first-order valence-electron chi connectivity index (χ1n) is 17.4. The molecular formula is C39H48N4O6S2. The Bertz CT molecular complexity index is 1700. The number of thiophene rings is 2. The Morgan fingerprint density at radius 2 is 1.18 bits per heavy atom. The molecule has 2 fully saturated rings. The second kappa shape index (κ2) is 18.2. The molecule has 4 aromatic rings. The zero-order valence-corrected chi connectivity index (χ0v) is 31.2. The molecule has 272 valence electrons. The lowest BCUT2D eigenvalue weighted by molar-refractivity contribution is 0.0818. The van der Waals surface area contributed by atoms with Crippen LogP contribution in [0.2, 0.25) is 0 Å². The lowest BCUT2D eigenvalue weighted by atomic mass is 9.77. The summed E-state index contributed by atoms with van der Waals surface area (Å²) >= 11 is 3.47. The van der Waals surface area contributed by atoms with Gasteiger partial charge in [-0.1, -0.05) is 36.4 Å². The highest BCUT2D eigenvalue weighted by molar-refractivity contribution is 7.10. The maximum Gasteiger partial charge on any atom is 0.409 e. The van der Waals surface area contributed by atoms with Crippen LogP contribution in [-0.2, 0) is 15.6 Å². The van der Waals surface area contributed by atoms with Crippen molar-refractivity contribution < 1.29 is 28.6 Å². The number of carbonyl (C=O) groups excluding carboxylic acids is 3. The number of methoxy groups -OCH3 is 2. The summed E-state index contributed by atoms with van der Waals surface area (Å²) in [5.41, 5.74) is 0.965. The number of hydrogen-bond donors (Lipinski definition) is 3. The Hall–Kier alpha value is -4.39. The molecule has 10 nitrogen and oxygen atoms in total. The number of amides is 3. The third-order valence-corrected chi connectivity index (χ3v) is 12.0.